The monoisotopic (exact) mass is 180 g/mol. The van der Waals surface area contributed by atoms with Crippen LogP contribution in [-0.4, -0.2) is 11.5 Å². The van der Waals surface area contributed by atoms with E-state index in [-0.39, 0.29) is 0 Å². The van der Waals surface area contributed by atoms with E-state index in [2.05, 4.69) is 17.2 Å². The molecule has 72 valence electrons. The molecule has 1 aliphatic carbocycles. The minimum atomic E-state index is 0.606. The molecular formula is C10H16N2O. The van der Waals surface area contributed by atoms with Gasteiger partial charge in [0.25, 0.3) is 6.01 Å². The van der Waals surface area contributed by atoms with Crippen molar-refractivity contribution in [2.45, 2.75) is 33.1 Å². The van der Waals surface area contributed by atoms with Gasteiger partial charge in [-0.1, -0.05) is 6.92 Å². The lowest BCUT2D eigenvalue weighted by Gasteiger charge is -2.06. The van der Waals surface area contributed by atoms with Crippen molar-refractivity contribution in [3.63, 3.8) is 0 Å². The van der Waals surface area contributed by atoms with Crippen LogP contribution in [0.4, 0.5) is 6.01 Å². The Morgan fingerprint density at radius 3 is 2.92 bits per heavy atom. The molecule has 0 unspecified atom stereocenters. The number of hydrogen-bond acceptors (Lipinski definition) is 3. The molecule has 1 aromatic rings. The third-order valence-corrected chi connectivity index (χ3v) is 2.73. The summed E-state index contributed by atoms with van der Waals surface area (Å²) in [5.74, 6) is 0. The number of anilines is 1. The lowest BCUT2D eigenvalue weighted by Crippen LogP contribution is -2.07. The number of nitrogens with zero attached hydrogens (tertiary/aromatic N) is 1. The maximum Gasteiger partial charge on any atom is 0.294 e. The zero-order valence-corrected chi connectivity index (χ0v) is 8.26. The van der Waals surface area contributed by atoms with Crippen LogP contribution in [-0.2, 0) is 0 Å². The topological polar surface area (TPSA) is 38.1 Å². The summed E-state index contributed by atoms with van der Waals surface area (Å²) >= 11 is 0. The van der Waals surface area contributed by atoms with Crippen LogP contribution in [0.3, 0.4) is 0 Å². The van der Waals surface area contributed by atoms with Crippen molar-refractivity contribution >= 4 is 6.01 Å². The van der Waals surface area contributed by atoms with E-state index in [4.69, 9.17) is 4.42 Å². The average molecular weight is 180 g/mol. The van der Waals surface area contributed by atoms with Gasteiger partial charge in [-0.15, -0.1) is 0 Å². The van der Waals surface area contributed by atoms with Gasteiger partial charge in [0.2, 0.25) is 0 Å². The standard InChI is InChI=1S/C10H16N2O/c1-8-7-13-9(12-8)11-6-5-10(2)3-4-10/h7H,3-6H2,1-2H3,(H,11,12). The van der Waals surface area contributed by atoms with Crippen LogP contribution in [0.25, 0.3) is 0 Å². The summed E-state index contributed by atoms with van der Waals surface area (Å²) in [4.78, 5) is 4.17. The molecule has 0 aromatic carbocycles. The van der Waals surface area contributed by atoms with Crippen molar-refractivity contribution in [3.8, 4) is 0 Å². The summed E-state index contributed by atoms with van der Waals surface area (Å²) in [6.45, 7) is 5.23. The van der Waals surface area contributed by atoms with Gasteiger partial charge in [0.15, 0.2) is 0 Å². The number of rotatable bonds is 4. The molecule has 1 aromatic heterocycles. The highest BCUT2D eigenvalue weighted by Gasteiger charge is 2.36. The van der Waals surface area contributed by atoms with Crippen molar-refractivity contribution in [2.24, 2.45) is 5.41 Å². The normalized spacial score (nSPS) is 18.6. The molecule has 3 heteroatoms. The smallest absolute Gasteiger partial charge is 0.294 e. The summed E-state index contributed by atoms with van der Waals surface area (Å²) in [5.41, 5.74) is 1.54. The quantitative estimate of drug-likeness (QED) is 0.773. The first-order valence-corrected chi connectivity index (χ1v) is 4.84. The molecule has 1 saturated carbocycles. The summed E-state index contributed by atoms with van der Waals surface area (Å²) in [5, 5.41) is 3.18. The summed E-state index contributed by atoms with van der Waals surface area (Å²) < 4.78 is 5.18. The molecule has 0 spiro atoms. The highest BCUT2D eigenvalue weighted by Crippen LogP contribution is 2.47. The SMILES string of the molecule is Cc1coc(NCCC2(C)CC2)n1. The van der Waals surface area contributed by atoms with Crippen LogP contribution in [0, 0.1) is 12.3 Å². The number of hydrogen-bond donors (Lipinski definition) is 1. The van der Waals surface area contributed by atoms with Crippen LogP contribution in [0.2, 0.25) is 0 Å². The first-order valence-electron chi connectivity index (χ1n) is 4.84. The Hall–Kier alpha value is -0.990. The van der Waals surface area contributed by atoms with E-state index < -0.39 is 0 Å². The van der Waals surface area contributed by atoms with Gasteiger partial charge in [-0.05, 0) is 31.6 Å². The highest BCUT2D eigenvalue weighted by molar-refractivity contribution is 5.20. The molecule has 0 amide bonds. The van der Waals surface area contributed by atoms with Crippen LogP contribution < -0.4 is 5.32 Å². The Bertz CT molecular complexity index is 289. The fourth-order valence-corrected chi connectivity index (χ4v) is 1.37. The summed E-state index contributed by atoms with van der Waals surface area (Å²) in [6.07, 6.45) is 5.63. The van der Waals surface area contributed by atoms with Gasteiger partial charge in [0.1, 0.15) is 6.26 Å². The van der Waals surface area contributed by atoms with E-state index in [1.807, 2.05) is 6.92 Å². The lowest BCUT2D eigenvalue weighted by molar-refractivity contribution is 0.521. The fraction of sp³-hybridized carbons (Fsp3) is 0.700. The fourth-order valence-electron chi connectivity index (χ4n) is 1.37. The Balaban J connectivity index is 1.73. The number of aryl methyl sites for hydroxylation is 1. The summed E-state index contributed by atoms with van der Waals surface area (Å²) in [7, 11) is 0. The molecule has 3 nitrogen and oxygen atoms in total. The predicted octanol–water partition coefficient (Wildman–Crippen LogP) is 2.59. The van der Waals surface area contributed by atoms with Gasteiger partial charge in [0, 0.05) is 6.54 Å². The van der Waals surface area contributed by atoms with Gasteiger partial charge in [0.05, 0.1) is 5.69 Å². The maximum absolute atomic E-state index is 5.18. The minimum absolute atomic E-state index is 0.606. The highest BCUT2D eigenvalue weighted by atomic mass is 16.4. The molecule has 2 rings (SSSR count). The zero-order chi connectivity index (χ0) is 9.31. The number of aromatic nitrogens is 1. The van der Waals surface area contributed by atoms with Crippen LogP contribution in [0.5, 0.6) is 0 Å². The molecular weight excluding hydrogens is 164 g/mol. The number of oxazole rings is 1. The van der Waals surface area contributed by atoms with E-state index in [9.17, 15) is 0 Å². The maximum atomic E-state index is 5.18. The molecule has 0 saturated heterocycles. The molecule has 0 aliphatic heterocycles. The van der Waals surface area contributed by atoms with Gasteiger partial charge in [-0.3, -0.25) is 0 Å². The van der Waals surface area contributed by atoms with E-state index in [0.717, 1.165) is 12.2 Å². The Morgan fingerprint density at radius 1 is 1.62 bits per heavy atom. The Kier molecular flexibility index (Phi) is 2.02. The van der Waals surface area contributed by atoms with Crippen LogP contribution in [0.1, 0.15) is 31.9 Å². The second kappa shape index (κ2) is 3.05. The molecule has 1 fully saturated rings. The molecule has 1 aliphatic rings. The predicted molar refractivity (Wildman–Crippen MR) is 51.7 cm³/mol. The minimum Gasteiger partial charge on any atom is -0.432 e. The number of nitrogens with one attached hydrogen (secondary N) is 1. The van der Waals surface area contributed by atoms with Crippen molar-refractivity contribution in [1.82, 2.24) is 4.98 Å². The second-order valence-corrected chi connectivity index (χ2v) is 4.28. The van der Waals surface area contributed by atoms with E-state index in [1.165, 1.54) is 19.3 Å². The van der Waals surface area contributed by atoms with Crippen molar-refractivity contribution in [1.29, 1.82) is 0 Å². The van der Waals surface area contributed by atoms with Gasteiger partial charge >= 0.3 is 0 Å². The Morgan fingerprint density at radius 2 is 2.38 bits per heavy atom. The van der Waals surface area contributed by atoms with E-state index in [0.29, 0.717) is 11.4 Å². The second-order valence-electron chi connectivity index (χ2n) is 4.28. The lowest BCUT2D eigenvalue weighted by atomic mass is 10.1. The Labute approximate surface area is 78.5 Å². The van der Waals surface area contributed by atoms with Crippen LogP contribution >= 0.6 is 0 Å². The first kappa shape index (κ1) is 8.60. The molecule has 1 heterocycles. The average Bonchev–Trinajstić information content (AvgIpc) is 2.65. The van der Waals surface area contributed by atoms with Crippen molar-refractivity contribution in [2.75, 3.05) is 11.9 Å². The van der Waals surface area contributed by atoms with Gasteiger partial charge in [-0.2, -0.15) is 4.98 Å². The van der Waals surface area contributed by atoms with Crippen LogP contribution in [0.15, 0.2) is 10.7 Å². The van der Waals surface area contributed by atoms with E-state index >= 15 is 0 Å². The van der Waals surface area contributed by atoms with Gasteiger partial charge < -0.3 is 9.73 Å². The molecule has 0 bridgehead atoms. The molecule has 1 N–H and O–H groups in total. The molecule has 0 atom stereocenters. The van der Waals surface area contributed by atoms with Crippen molar-refractivity contribution < 1.29 is 4.42 Å². The van der Waals surface area contributed by atoms with Gasteiger partial charge in [-0.25, -0.2) is 0 Å². The third-order valence-electron chi connectivity index (χ3n) is 2.73. The first-order chi connectivity index (χ1) is 6.18. The molecule has 13 heavy (non-hydrogen) atoms. The van der Waals surface area contributed by atoms with E-state index in [1.54, 1.807) is 6.26 Å². The molecule has 0 radical (unpaired) electrons. The third kappa shape index (κ3) is 2.23. The largest absolute Gasteiger partial charge is 0.432 e. The van der Waals surface area contributed by atoms with Crippen molar-refractivity contribution in [3.05, 3.63) is 12.0 Å². The summed E-state index contributed by atoms with van der Waals surface area (Å²) in [6, 6.07) is 0.654. The zero-order valence-electron chi connectivity index (χ0n) is 8.26.